The van der Waals surface area contributed by atoms with Crippen LogP contribution in [-0.2, 0) is 6.54 Å². The Bertz CT molecular complexity index is 952. The van der Waals surface area contributed by atoms with Crippen molar-refractivity contribution in [1.29, 1.82) is 0 Å². The minimum atomic E-state index is -0.339. The molecule has 3 rings (SSSR count). The van der Waals surface area contributed by atoms with Crippen molar-refractivity contribution in [1.82, 2.24) is 14.9 Å². The van der Waals surface area contributed by atoms with E-state index < -0.39 is 0 Å². The number of rotatable bonds is 4. The van der Waals surface area contributed by atoms with Crippen LogP contribution in [0.3, 0.4) is 0 Å². The lowest BCUT2D eigenvalue weighted by molar-refractivity contribution is 0.0919. The van der Waals surface area contributed by atoms with Crippen LogP contribution in [0.25, 0.3) is 22.4 Å². The van der Waals surface area contributed by atoms with Crippen LogP contribution in [0.1, 0.15) is 38.1 Å². The van der Waals surface area contributed by atoms with E-state index in [-0.39, 0.29) is 17.3 Å². The molecule has 1 aromatic heterocycles. The second kappa shape index (κ2) is 7.35. The summed E-state index contributed by atoms with van der Waals surface area (Å²) in [6.07, 6.45) is 3.56. The standard InChI is InChI=1S/C22H24FN3O/c1-5-26-14-24-13-20(26)17-10-16(15-6-8-19(23)9-7-15)11-18(12-17)21(27)25-22(2,3)4/h6-14H,5H2,1-4H3,(H,25,27). The predicted octanol–water partition coefficient (Wildman–Crippen LogP) is 4.90. The highest BCUT2D eigenvalue weighted by Gasteiger charge is 2.18. The quantitative estimate of drug-likeness (QED) is 0.714. The first-order valence-corrected chi connectivity index (χ1v) is 9.01. The van der Waals surface area contributed by atoms with Gasteiger partial charge in [-0.15, -0.1) is 0 Å². The molecule has 3 aromatic rings. The molecule has 0 aliphatic heterocycles. The van der Waals surface area contributed by atoms with Crippen molar-refractivity contribution >= 4 is 5.91 Å². The third-order valence-electron chi connectivity index (χ3n) is 4.21. The summed E-state index contributed by atoms with van der Waals surface area (Å²) >= 11 is 0. The third-order valence-corrected chi connectivity index (χ3v) is 4.21. The van der Waals surface area contributed by atoms with Gasteiger partial charge in [-0.1, -0.05) is 12.1 Å². The summed E-state index contributed by atoms with van der Waals surface area (Å²) in [5.74, 6) is -0.431. The summed E-state index contributed by atoms with van der Waals surface area (Å²) in [6.45, 7) is 8.66. The lowest BCUT2D eigenvalue weighted by atomic mass is 9.97. The number of nitrogens with one attached hydrogen (secondary N) is 1. The highest BCUT2D eigenvalue weighted by Crippen LogP contribution is 2.29. The molecule has 0 atom stereocenters. The predicted molar refractivity (Wildman–Crippen MR) is 106 cm³/mol. The molecule has 4 nitrogen and oxygen atoms in total. The number of hydrogen-bond acceptors (Lipinski definition) is 2. The van der Waals surface area contributed by atoms with E-state index in [2.05, 4.69) is 10.3 Å². The lowest BCUT2D eigenvalue weighted by Crippen LogP contribution is -2.40. The van der Waals surface area contributed by atoms with Crippen LogP contribution in [0, 0.1) is 5.82 Å². The zero-order valence-electron chi connectivity index (χ0n) is 16.1. The Balaban J connectivity index is 2.13. The van der Waals surface area contributed by atoms with Gasteiger partial charge in [0.05, 0.1) is 18.2 Å². The van der Waals surface area contributed by atoms with E-state index in [1.165, 1.54) is 12.1 Å². The van der Waals surface area contributed by atoms with Crippen LogP contribution in [0.2, 0.25) is 0 Å². The molecular weight excluding hydrogens is 341 g/mol. The first-order valence-electron chi connectivity index (χ1n) is 9.01. The van der Waals surface area contributed by atoms with Gasteiger partial charge in [0.25, 0.3) is 5.91 Å². The Hall–Kier alpha value is -2.95. The zero-order chi connectivity index (χ0) is 19.6. The molecule has 1 N–H and O–H groups in total. The molecule has 0 fully saturated rings. The zero-order valence-corrected chi connectivity index (χ0v) is 16.1. The van der Waals surface area contributed by atoms with Gasteiger partial charge >= 0.3 is 0 Å². The highest BCUT2D eigenvalue weighted by molar-refractivity contribution is 5.97. The summed E-state index contributed by atoms with van der Waals surface area (Å²) < 4.78 is 15.3. The van der Waals surface area contributed by atoms with Gasteiger partial charge in [-0.2, -0.15) is 0 Å². The van der Waals surface area contributed by atoms with Crippen LogP contribution in [0.15, 0.2) is 55.0 Å². The van der Waals surface area contributed by atoms with E-state index in [4.69, 9.17) is 0 Å². The summed E-state index contributed by atoms with van der Waals surface area (Å²) in [5, 5.41) is 3.00. The molecule has 0 radical (unpaired) electrons. The maximum atomic E-state index is 13.3. The number of aryl methyl sites for hydroxylation is 1. The first-order chi connectivity index (χ1) is 12.8. The van der Waals surface area contributed by atoms with Crippen molar-refractivity contribution in [3.05, 3.63) is 66.4 Å². The maximum absolute atomic E-state index is 13.3. The molecule has 5 heteroatoms. The van der Waals surface area contributed by atoms with Gasteiger partial charge in [0.1, 0.15) is 5.82 Å². The Morgan fingerprint density at radius 3 is 2.37 bits per heavy atom. The number of halogens is 1. The molecule has 1 amide bonds. The van der Waals surface area contributed by atoms with E-state index in [0.717, 1.165) is 28.9 Å². The Kier molecular flexibility index (Phi) is 5.13. The van der Waals surface area contributed by atoms with E-state index in [1.807, 2.05) is 50.5 Å². The fourth-order valence-electron chi connectivity index (χ4n) is 2.94. The topological polar surface area (TPSA) is 46.9 Å². The fourth-order valence-corrected chi connectivity index (χ4v) is 2.94. The first kappa shape index (κ1) is 18.8. The third kappa shape index (κ3) is 4.42. The normalized spacial score (nSPS) is 11.4. The Morgan fingerprint density at radius 1 is 1.07 bits per heavy atom. The van der Waals surface area contributed by atoms with Crippen LogP contribution >= 0.6 is 0 Å². The van der Waals surface area contributed by atoms with Gasteiger partial charge in [0.2, 0.25) is 0 Å². The van der Waals surface area contributed by atoms with Crippen molar-refractivity contribution in [2.75, 3.05) is 0 Å². The summed E-state index contributed by atoms with van der Waals surface area (Å²) in [5.41, 5.74) is 3.77. The summed E-state index contributed by atoms with van der Waals surface area (Å²) in [4.78, 5) is 17.0. The average Bonchev–Trinajstić information content (AvgIpc) is 3.09. The molecule has 0 aliphatic carbocycles. The largest absolute Gasteiger partial charge is 0.347 e. The summed E-state index contributed by atoms with van der Waals surface area (Å²) in [7, 11) is 0. The summed E-state index contributed by atoms with van der Waals surface area (Å²) in [6, 6.07) is 12.0. The number of aromatic nitrogens is 2. The smallest absolute Gasteiger partial charge is 0.251 e. The van der Waals surface area contributed by atoms with E-state index in [9.17, 15) is 9.18 Å². The van der Waals surface area contributed by atoms with E-state index in [1.54, 1.807) is 24.7 Å². The van der Waals surface area contributed by atoms with Crippen molar-refractivity contribution in [2.24, 2.45) is 0 Å². The molecular formula is C22H24FN3O. The monoisotopic (exact) mass is 365 g/mol. The van der Waals surface area contributed by atoms with E-state index in [0.29, 0.717) is 5.56 Å². The minimum Gasteiger partial charge on any atom is -0.347 e. The second-order valence-electron chi connectivity index (χ2n) is 7.57. The number of benzene rings is 2. The molecule has 0 aliphatic rings. The van der Waals surface area contributed by atoms with Crippen molar-refractivity contribution in [3.63, 3.8) is 0 Å². The second-order valence-corrected chi connectivity index (χ2v) is 7.57. The molecule has 140 valence electrons. The van der Waals surface area contributed by atoms with Crippen LogP contribution < -0.4 is 5.32 Å². The van der Waals surface area contributed by atoms with E-state index >= 15 is 0 Å². The average molecular weight is 365 g/mol. The van der Waals surface area contributed by atoms with Crippen LogP contribution in [-0.4, -0.2) is 21.0 Å². The molecule has 0 saturated carbocycles. The number of nitrogens with zero attached hydrogens (tertiary/aromatic N) is 2. The van der Waals surface area contributed by atoms with Gasteiger partial charge in [0.15, 0.2) is 0 Å². The maximum Gasteiger partial charge on any atom is 0.251 e. The number of carbonyl (C=O) groups is 1. The van der Waals surface area contributed by atoms with Crippen molar-refractivity contribution in [3.8, 4) is 22.4 Å². The number of imidazole rings is 1. The minimum absolute atomic E-state index is 0.143. The molecule has 2 aromatic carbocycles. The van der Waals surface area contributed by atoms with Gasteiger partial charge in [-0.3, -0.25) is 4.79 Å². The van der Waals surface area contributed by atoms with Crippen molar-refractivity contribution < 1.29 is 9.18 Å². The molecule has 27 heavy (non-hydrogen) atoms. The van der Waals surface area contributed by atoms with Gasteiger partial charge in [-0.05, 0) is 69.2 Å². The molecule has 1 heterocycles. The van der Waals surface area contributed by atoms with Crippen LogP contribution in [0.5, 0.6) is 0 Å². The molecule has 0 bridgehead atoms. The van der Waals surface area contributed by atoms with Gasteiger partial charge < -0.3 is 9.88 Å². The number of carbonyl (C=O) groups excluding carboxylic acids is 1. The Morgan fingerprint density at radius 2 is 1.74 bits per heavy atom. The lowest BCUT2D eigenvalue weighted by Gasteiger charge is -2.21. The SMILES string of the molecule is CCn1cncc1-c1cc(C(=O)NC(C)(C)C)cc(-c2ccc(F)cc2)c1. The molecule has 0 spiro atoms. The Labute approximate surface area is 159 Å². The highest BCUT2D eigenvalue weighted by atomic mass is 19.1. The number of amides is 1. The molecule has 0 unspecified atom stereocenters. The van der Waals surface area contributed by atoms with Gasteiger partial charge in [-0.25, -0.2) is 9.37 Å². The van der Waals surface area contributed by atoms with Crippen LogP contribution in [0.4, 0.5) is 4.39 Å². The molecule has 0 saturated heterocycles. The van der Waals surface area contributed by atoms with Crippen molar-refractivity contribution in [2.45, 2.75) is 39.8 Å². The fraction of sp³-hybridized carbons (Fsp3) is 0.273. The van der Waals surface area contributed by atoms with Gasteiger partial charge in [0, 0.05) is 23.2 Å². The number of hydrogen-bond donors (Lipinski definition) is 1.